The predicted octanol–water partition coefficient (Wildman–Crippen LogP) is 2.24. The van der Waals surface area contributed by atoms with Crippen LogP contribution in [0.25, 0.3) is 10.8 Å². The minimum atomic E-state index is -0.970. The van der Waals surface area contributed by atoms with E-state index in [0.29, 0.717) is 6.54 Å². The van der Waals surface area contributed by atoms with Gasteiger partial charge in [0, 0.05) is 19.5 Å². The molecule has 3 nitrogen and oxygen atoms in total. The molecule has 2 aromatic carbocycles. The fraction of sp³-hybridized carbons (Fsp3) is 0.312. The number of rotatable bonds is 3. The van der Waals surface area contributed by atoms with Crippen LogP contribution >= 0.6 is 0 Å². The molecule has 2 aromatic rings. The van der Waals surface area contributed by atoms with Crippen molar-refractivity contribution >= 4 is 16.7 Å². The Morgan fingerprint density at radius 1 is 1.25 bits per heavy atom. The lowest BCUT2D eigenvalue weighted by Gasteiger charge is -2.22. The van der Waals surface area contributed by atoms with E-state index in [1.54, 1.807) is 0 Å². The Hall–Kier alpha value is -1.94. The third kappa shape index (κ3) is 2.39. The molecule has 2 atom stereocenters. The largest absolute Gasteiger partial charge is 0.368 e. The maximum absolute atomic E-state index is 13.6. The zero-order chi connectivity index (χ0) is 14.1. The molecule has 2 N–H and O–H groups in total. The van der Waals surface area contributed by atoms with Crippen LogP contribution < -0.4 is 5.73 Å². The van der Waals surface area contributed by atoms with Crippen LogP contribution in [0, 0.1) is 0 Å². The summed E-state index contributed by atoms with van der Waals surface area (Å²) in [6.45, 7) is 0.826. The van der Waals surface area contributed by atoms with Crippen molar-refractivity contribution in [1.82, 2.24) is 4.90 Å². The lowest BCUT2D eigenvalue weighted by Crippen LogP contribution is -2.39. The van der Waals surface area contributed by atoms with Crippen molar-refractivity contribution in [3.8, 4) is 0 Å². The molecule has 0 radical (unpaired) electrons. The minimum absolute atomic E-state index is 0.208. The first kappa shape index (κ1) is 13.1. The van der Waals surface area contributed by atoms with Crippen molar-refractivity contribution in [3.63, 3.8) is 0 Å². The molecule has 4 heteroatoms. The second-order valence-corrected chi connectivity index (χ2v) is 5.32. The van der Waals surface area contributed by atoms with Crippen LogP contribution in [0.2, 0.25) is 0 Å². The van der Waals surface area contributed by atoms with Crippen LogP contribution in [0.5, 0.6) is 0 Å². The van der Waals surface area contributed by atoms with E-state index in [2.05, 4.69) is 0 Å². The molecule has 0 bridgehead atoms. The van der Waals surface area contributed by atoms with Gasteiger partial charge in [0.1, 0.15) is 6.17 Å². The number of fused-ring (bicyclic) bond motifs is 1. The molecule has 0 unspecified atom stereocenters. The highest BCUT2D eigenvalue weighted by Gasteiger charge is 2.35. The molecule has 1 aliphatic heterocycles. The van der Waals surface area contributed by atoms with Crippen molar-refractivity contribution in [2.45, 2.75) is 25.2 Å². The molecule has 1 heterocycles. The van der Waals surface area contributed by atoms with Gasteiger partial charge in [-0.2, -0.15) is 0 Å². The number of halogens is 1. The van der Waals surface area contributed by atoms with Crippen molar-refractivity contribution in [2.75, 3.05) is 6.54 Å². The number of amides is 1. The fourth-order valence-electron chi connectivity index (χ4n) is 2.97. The highest BCUT2D eigenvalue weighted by molar-refractivity contribution is 5.85. The summed E-state index contributed by atoms with van der Waals surface area (Å²) in [6.07, 6.45) is -0.761. The SMILES string of the molecule is NC(=O)[C@@H]1C[C@@H](F)CN1Cc1cccc2ccccc12. The molecule has 0 saturated carbocycles. The number of alkyl halides is 1. The number of nitrogens with zero attached hydrogens (tertiary/aromatic N) is 1. The lowest BCUT2D eigenvalue weighted by molar-refractivity contribution is -0.122. The van der Waals surface area contributed by atoms with Gasteiger partial charge in [-0.15, -0.1) is 0 Å². The van der Waals surface area contributed by atoms with E-state index in [1.807, 2.05) is 47.4 Å². The van der Waals surface area contributed by atoms with Crippen molar-refractivity contribution in [3.05, 3.63) is 48.0 Å². The number of carbonyl (C=O) groups is 1. The molecule has 1 amide bonds. The molecule has 1 fully saturated rings. The minimum Gasteiger partial charge on any atom is -0.368 e. The average Bonchev–Trinajstić information content (AvgIpc) is 2.80. The molecule has 0 aliphatic carbocycles. The van der Waals surface area contributed by atoms with E-state index in [0.717, 1.165) is 16.3 Å². The number of likely N-dealkylation sites (tertiary alicyclic amines) is 1. The summed E-state index contributed by atoms with van der Waals surface area (Å²) in [4.78, 5) is 13.3. The Bertz CT molecular complexity index is 638. The van der Waals surface area contributed by atoms with Crippen LogP contribution in [-0.2, 0) is 11.3 Å². The normalized spacial score (nSPS) is 23.2. The highest BCUT2D eigenvalue weighted by Crippen LogP contribution is 2.25. The summed E-state index contributed by atoms with van der Waals surface area (Å²) < 4.78 is 13.6. The third-order valence-corrected chi connectivity index (χ3v) is 3.93. The van der Waals surface area contributed by atoms with Gasteiger partial charge in [0.2, 0.25) is 5.91 Å². The Labute approximate surface area is 117 Å². The third-order valence-electron chi connectivity index (χ3n) is 3.93. The van der Waals surface area contributed by atoms with Gasteiger partial charge in [0.25, 0.3) is 0 Å². The summed E-state index contributed by atoms with van der Waals surface area (Å²) in [5, 5.41) is 2.29. The van der Waals surface area contributed by atoms with Gasteiger partial charge in [0.15, 0.2) is 0 Å². The van der Waals surface area contributed by atoms with Gasteiger partial charge in [0.05, 0.1) is 6.04 Å². The maximum atomic E-state index is 13.6. The molecule has 0 aromatic heterocycles. The summed E-state index contributed by atoms with van der Waals surface area (Å²) in [5.74, 6) is -0.439. The van der Waals surface area contributed by atoms with E-state index in [9.17, 15) is 9.18 Å². The molecular weight excluding hydrogens is 255 g/mol. The monoisotopic (exact) mass is 272 g/mol. The molecule has 3 rings (SSSR count). The smallest absolute Gasteiger partial charge is 0.234 e. The molecular formula is C16H17FN2O. The van der Waals surface area contributed by atoms with E-state index in [4.69, 9.17) is 5.73 Å². The summed E-state index contributed by atoms with van der Waals surface area (Å²) >= 11 is 0. The van der Waals surface area contributed by atoms with E-state index >= 15 is 0 Å². The number of hydrogen-bond acceptors (Lipinski definition) is 2. The van der Waals surface area contributed by atoms with Crippen LogP contribution in [0.3, 0.4) is 0 Å². The van der Waals surface area contributed by atoms with Gasteiger partial charge in [-0.25, -0.2) is 4.39 Å². The summed E-state index contributed by atoms with van der Waals surface area (Å²) in [7, 11) is 0. The Morgan fingerprint density at radius 3 is 2.80 bits per heavy atom. The first-order valence-electron chi connectivity index (χ1n) is 6.79. The van der Waals surface area contributed by atoms with Gasteiger partial charge in [-0.3, -0.25) is 9.69 Å². The molecule has 20 heavy (non-hydrogen) atoms. The highest BCUT2D eigenvalue weighted by atomic mass is 19.1. The van der Waals surface area contributed by atoms with E-state index < -0.39 is 18.1 Å². The number of primary amides is 1. The van der Waals surface area contributed by atoms with Crippen molar-refractivity contribution < 1.29 is 9.18 Å². The van der Waals surface area contributed by atoms with E-state index in [-0.39, 0.29) is 13.0 Å². The summed E-state index contributed by atoms with van der Waals surface area (Å²) in [5.41, 5.74) is 6.47. The predicted molar refractivity (Wildman–Crippen MR) is 76.9 cm³/mol. The van der Waals surface area contributed by atoms with Gasteiger partial charge >= 0.3 is 0 Å². The first-order chi connectivity index (χ1) is 9.65. The second kappa shape index (κ2) is 5.21. The van der Waals surface area contributed by atoms with Crippen LogP contribution in [0.4, 0.5) is 4.39 Å². The second-order valence-electron chi connectivity index (χ2n) is 5.32. The standard InChI is InChI=1S/C16H17FN2O/c17-13-8-15(16(18)20)19(10-13)9-12-6-3-5-11-4-1-2-7-14(11)12/h1-7,13,15H,8-10H2,(H2,18,20)/t13-,15+/m1/s1. The maximum Gasteiger partial charge on any atom is 0.234 e. The number of hydrogen-bond donors (Lipinski definition) is 1. The summed E-state index contributed by atoms with van der Waals surface area (Å²) in [6, 6.07) is 13.6. The van der Waals surface area contributed by atoms with Crippen molar-refractivity contribution in [1.29, 1.82) is 0 Å². The molecule has 104 valence electrons. The van der Waals surface area contributed by atoms with Gasteiger partial charge < -0.3 is 5.73 Å². The quantitative estimate of drug-likeness (QED) is 0.931. The van der Waals surface area contributed by atoms with Gasteiger partial charge in [-0.1, -0.05) is 42.5 Å². The average molecular weight is 272 g/mol. The molecule has 1 saturated heterocycles. The van der Waals surface area contributed by atoms with Crippen LogP contribution in [0.15, 0.2) is 42.5 Å². The zero-order valence-electron chi connectivity index (χ0n) is 11.1. The van der Waals surface area contributed by atoms with Crippen molar-refractivity contribution in [2.24, 2.45) is 5.73 Å². The fourth-order valence-corrected chi connectivity index (χ4v) is 2.97. The zero-order valence-corrected chi connectivity index (χ0v) is 11.1. The lowest BCUT2D eigenvalue weighted by atomic mass is 10.0. The van der Waals surface area contributed by atoms with Crippen LogP contribution in [0.1, 0.15) is 12.0 Å². The van der Waals surface area contributed by atoms with E-state index in [1.165, 1.54) is 0 Å². The van der Waals surface area contributed by atoms with Crippen LogP contribution in [-0.4, -0.2) is 29.6 Å². The van der Waals surface area contributed by atoms with Gasteiger partial charge in [-0.05, 0) is 16.3 Å². The number of carbonyl (C=O) groups excluding carboxylic acids is 1. The Kier molecular flexibility index (Phi) is 3.40. The molecule has 1 aliphatic rings. The topological polar surface area (TPSA) is 46.3 Å². The Morgan fingerprint density at radius 2 is 2.00 bits per heavy atom. The molecule has 0 spiro atoms. The number of nitrogens with two attached hydrogens (primary N) is 1. The number of benzene rings is 2. The Balaban J connectivity index is 1.91. The first-order valence-corrected chi connectivity index (χ1v) is 6.79.